The maximum absolute atomic E-state index is 12.9. The van der Waals surface area contributed by atoms with Crippen molar-refractivity contribution in [1.82, 2.24) is 10.3 Å². The van der Waals surface area contributed by atoms with Crippen LogP contribution in [-0.2, 0) is 17.8 Å². The molecule has 0 aliphatic carbocycles. The van der Waals surface area contributed by atoms with Crippen molar-refractivity contribution >= 4 is 17.2 Å². The average Bonchev–Trinajstić information content (AvgIpc) is 2.73. The summed E-state index contributed by atoms with van der Waals surface area (Å²) in [7, 11) is 0. The number of carbonyl (C=O) groups is 1. The molecule has 0 unspecified atom stereocenters. The molecule has 0 radical (unpaired) electrons. The minimum atomic E-state index is -0.323. The monoisotopic (exact) mass is 264 g/mol. The van der Waals surface area contributed by atoms with Crippen molar-refractivity contribution in [2.24, 2.45) is 0 Å². The van der Waals surface area contributed by atoms with Gasteiger partial charge in [0.15, 0.2) is 0 Å². The van der Waals surface area contributed by atoms with Crippen LogP contribution in [-0.4, -0.2) is 10.9 Å². The molecule has 18 heavy (non-hydrogen) atoms. The Morgan fingerprint density at radius 2 is 2.33 bits per heavy atom. The van der Waals surface area contributed by atoms with Crippen LogP contribution < -0.4 is 5.32 Å². The normalized spacial score (nSPS) is 10.3. The zero-order valence-electron chi connectivity index (χ0n) is 9.94. The zero-order valence-corrected chi connectivity index (χ0v) is 10.8. The molecule has 1 amide bonds. The number of aromatic nitrogens is 1. The molecule has 1 aromatic heterocycles. The second kappa shape index (κ2) is 5.73. The highest BCUT2D eigenvalue weighted by Crippen LogP contribution is 2.08. The van der Waals surface area contributed by atoms with Crippen molar-refractivity contribution in [1.29, 1.82) is 0 Å². The Balaban J connectivity index is 1.85. The first kappa shape index (κ1) is 12.7. The molecule has 0 bridgehead atoms. The standard InChI is InChI=1S/C13H13FN2OS/c1-9-8-18-13(16-9)7-15-12(17)6-10-3-2-4-11(14)5-10/h2-5,8H,6-7H2,1H3,(H,15,17). The van der Waals surface area contributed by atoms with E-state index >= 15 is 0 Å². The van der Waals surface area contributed by atoms with Gasteiger partial charge in [-0.15, -0.1) is 11.3 Å². The van der Waals surface area contributed by atoms with Gasteiger partial charge in [0.2, 0.25) is 5.91 Å². The predicted octanol–water partition coefficient (Wildman–Crippen LogP) is 2.45. The summed E-state index contributed by atoms with van der Waals surface area (Å²) in [5.74, 6) is -0.454. The number of carbonyl (C=O) groups excluding carboxylic acids is 1. The highest BCUT2D eigenvalue weighted by atomic mass is 32.1. The Morgan fingerprint density at radius 3 is 3.00 bits per heavy atom. The lowest BCUT2D eigenvalue weighted by molar-refractivity contribution is -0.120. The summed E-state index contributed by atoms with van der Waals surface area (Å²) in [5, 5.41) is 5.58. The van der Waals surface area contributed by atoms with Gasteiger partial charge in [-0.3, -0.25) is 4.79 Å². The molecule has 1 aromatic carbocycles. The largest absolute Gasteiger partial charge is 0.349 e. The van der Waals surface area contributed by atoms with Crippen LogP contribution in [0.4, 0.5) is 4.39 Å². The van der Waals surface area contributed by atoms with Crippen LogP contribution in [0.3, 0.4) is 0 Å². The number of hydrogen-bond acceptors (Lipinski definition) is 3. The van der Waals surface area contributed by atoms with Gasteiger partial charge < -0.3 is 5.32 Å². The van der Waals surface area contributed by atoms with E-state index in [1.54, 1.807) is 12.1 Å². The highest BCUT2D eigenvalue weighted by molar-refractivity contribution is 7.09. The van der Waals surface area contributed by atoms with E-state index < -0.39 is 0 Å². The Morgan fingerprint density at radius 1 is 1.50 bits per heavy atom. The summed E-state index contributed by atoms with van der Waals surface area (Å²) in [5.41, 5.74) is 1.62. The van der Waals surface area contributed by atoms with Crippen molar-refractivity contribution in [3.05, 3.63) is 51.7 Å². The van der Waals surface area contributed by atoms with Crippen molar-refractivity contribution < 1.29 is 9.18 Å². The van der Waals surface area contributed by atoms with Crippen LogP contribution in [0.2, 0.25) is 0 Å². The van der Waals surface area contributed by atoms with Crippen molar-refractivity contribution in [3.63, 3.8) is 0 Å². The van der Waals surface area contributed by atoms with E-state index in [2.05, 4.69) is 10.3 Å². The number of halogens is 1. The molecule has 1 heterocycles. The molecule has 0 aliphatic rings. The maximum atomic E-state index is 12.9. The van der Waals surface area contributed by atoms with Crippen molar-refractivity contribution in [2.75, 3.05) is 0 Å². The fourth-order valence-corrected chi connectivity index (χ4v) is 2.26. The Bertz CT molecular complexity index is 553. The van der Waals surface area contributed by atoms with Gasteiger partial charge in [0, 0.05) is 11.1 Å². The van der Waals surface area contributed by atoms with E-state index in [0.717, 1.165) is 10.7 Å². The van der Waals surface area contributed by atoms with Gasteiger partial charge in [-0.1, -0.05) is 12.1 Å². The molecule has 2 aromatic rings. The van der Waals surface area contributed by atoms with Crippen molar-refractivity contribution in [3.8, 4) is 0 Å². The van der Waals surface area contributed by atoms with Gasteiger partial charge in [0.25, 0.3) is 0 Å². The number of benzene rings is 1. The van der Waals surface area contributed by atoms with E-state index in [1.807, 2.05) is 12.3 Å². The second-order valence-corrected chi connectivity index (χ2v) is 4.91. The van der Waals surface area contributed by atoms with E-state index in [9.17, 15) is 9.18 Å². The Hall–Kier alpha value is -1.75. The summed E-state index contributed by atoms with van der Waals surface area (Å²) in [6, 6.07) is 6.06. The lowest BCUT2D eigenvalue weighted by atomic mass is 10.1. The molecule has 0 saturated heterocycles. The average molecular weight is 264 g/mol. The highest BCUT2D eigenvalue weighted by Gasteiger charge is 2.05. The van der Waals surface area contributed by atoms with E-state index in [-0.39, 0.29) is 18.1 Å². The molecule has 0 saturated carbocycles. The first-order valence-corrected chi connectivity index (χ1v) is 6.43. The molecule has 0 spiro atoms. The van der Waals surface area contributed by atoms with E-state index in [0.29, 0.717) is 12.1 Å². The first-order chi connectivity index (χ1) is 8.63. The lowest BCUT2D eigenvalue weighted by Gasteiger charge is -2.03. The molecule has 5 heteroatoms. The summed E-state index contributed by atoms with van der Waals surface area (Å²) >= 11 is 1.51. The van der Waals surface area contributed by atoms with Crippen LogP contribution in [0.1, 0.15) is 16.3 Å². The minimum absolute atomic E-state index is 0.131. The van der Waals surface area contributed by atoms with E-state index in [1.165, 1.54) is 23.5 Å². The molecular weight excluding hydrogens is 251 g/mol. The summed E-state index contributed by atoms with van der Waals surface area (Å²) in [6.45, 7) is 2.33. The first-order valence-electron chi connectivity index (χ1n) is 5.55. The minimum Gasteiger partial charge on any atom is -0.349 e. The van der Waals surface area contributed by atoms with Gasteiger partial charge >= 0.3 is 0 Å². The molecule has 94 valence electrons. The Kier molecular flexibility index (Phi) is 4.04. The van der Waals surface area contributed by atoms with Gasteiger partial charge in [-0.2, -0.15) is 0 Å². The van der Waals surface area contributed by atoms with Gasteiger partial charge in [0.1, 0.15) is 10.8 Å². The third-order valence-corrected chi connectivity index (χ3v) is 3.32. The molecular formula is C13H13FN2OS. The fraction of sp³-hybridized carbons (Fsp3) is 0.231. The second-order valence-electron chi connectivity index (χ2n) is 3.97. The maximum Gasteiger partial charge on any atom is 0.224 e. The van der Waals surface area contributed by atoms with E-state index in [4.69, 9.17) is 0 Å². The molecule has 1 N–H and O–H groups in total. The van der Waals surface area contributed by atoms with Gasteiger partial charge in [-0.25, -0.2) is 9.37 Å². The van der Waals surface area contributed by atoms with Crippen molar-refractivity contribution in [2.45, 2.75) is 19.9 Å². The third-order valence-electron chi connectivity index (χ3n) is 2.36. The summed E-state index contributed by atoms with van der Waals surface area (Å²) in [6.07, 6.45) is 0.183. The smallest absolute Gasteiger partial charge is 0.224 e. The molecule has 0 fully saturated rings. The number of nitrogens with zero attached hydrogens (tertiary/aromatic N) is 1. The third kappa shape index (κ3) is 3.63. The number of thiazole rings is 1. The molecule has 0 atom stereocenters. The number of hydrogen-bond donors (Lipinski definition) is 1. The quantitative estimate of drug-likeness (QED) is 0.921. The van der Waals surface area contributed by atoms with Crippen LogP contribution in [0, 0.1) is 12.7 Å². The van der Waals surface area contributed by atoms with Gasteiger partial charge in [-0.05, 0) is 24.6 Å². The summed E-state index contributed by atoms with van der Waals surface area (Å²) in [4.78, 5) is 15.9. The fourth-order valence-electron chi connectivity index (χ4n) is 1.55. The SMILES string of the molecule is Cc1csc(CNC(=O)Cc2cccc(F)c2)n1. The number of rotatable bonds is 4. The van der Waals surface area contributed by atoms with Crippen LogP contribution in [0.5, 0.6) is 0 Å². The lowest BCUT2D eigenvalue weighted by Crippen LogP contribution is -2.24. The predicted molar refractivity (Wildman–Crippen MR) is 68.8 cm³/mol. The topological polar surface area (TPSA) is 42.0 Å². The van der Waals surface area contributed by atoms with Crippen LogP contribution in [0.25, 0.3) is 0 Å². The summed E-state index contributed by atoms with van der Waals surface area (Å²) < 4.78 is 12.9. The van der Waals surface area contributed by atoms with Crippen LogP contribution in [0.15, 0.2) is 29.6 Å². The number of nitrogens with one attached hydrogen (secondary N) is 1. The van der Waals surface area contributed by atoms with Crippen LogP contribution >= 0.6 is 11.3 Å². The number of aryl methyl sites for hydroxylation is 1. The van der Waals surface area contributed by atoms with Gasteiger partial charge in [0.05, 0.1) is 13.0 Å². The molecule has 2 rings (SSSR count). The molecule has 0 aliphatic heterocycles. The Labute approximate surface area is 109 Å². The zero-order chi connectivity index (χ0) is 13.0. The number of amides is 1. The molecule has 3 nitrogen and oxygen atoms in total.